The van der Waals surface area contributed by atoms with E-state index in [4.69, 9.17) is 15.3 Å². The van der Waals surface area contributed by atoms with Gasteiger partial charge in [0, 0.05) is 6.08 Å². The molecule has 0 aliphatic carbocycles. The van der Waals surface area contributed by atoms with Gasteiger partial charge < -0.3 is 14.9 Å². The SMILES string of the molecule is C=CC(=O)OCCOc1ccccc1NN. The Kier molecular flexibility index (Phi) is 4.88. The van der Waals surface area contributed by atoms with E-state index >= 15 is 0 Å². The first-order chi connectivity index (χ1) is 7.77. The van der Waals surface area contributed by atoms with E-state index in [1.807, 2.05) is 12.1 Å². The standard InChI is InChI=1S/C11H14N2O3/c1-2-11(14)16-8-7-15-10-6-4-3-5-9(10)13-12/h2-6,13H,1,7-8,12H2. The van der Waals surface area contributed by atoms with Gasteiger partial charge in [-0.15, -0.1) is 0 Å². The van der Waals surface area contributed by atoms with Gasteiger partial charge in [0.15, 0.2) is 0 Å². The Morgan fingerprint density at radius 2 is 2.19 bits per heavy atom. The second-order valence-electron chi connectivity index (χ2n) is 2.86. The highest BCUT2D eigenvalue weighted by atomic mass is 16.6. The number of ether oxygens (including phenoxy) is 2. The summed E-state index contributed by atoms with van der Waals surface area (Å²) >= 11 is 0. The number of hydrogen-bond acceptors (Lipinski definition) is 5. The number of rotatable bonds is 6. The number of nitrogens with one attached hydrogen (secondary N) is 1. The molecule has 16 heavy (non-hydrogen) atoms. The summed E-state index contributed by atoms with van der Waals surface area (Å²) in [4.78, 5) is 10.7. The van der Waals surface area contributed by atoms with E-state index in [2.05, 4.69) is 12.0 Å². The first-order valence-electron chi connectivity index (χ1n) is 4.75. The van der Waals surface area contributed by atoms with Crippen LogP contribution in [0.4, 0.5) is 5.69 Å². The van der Waals surface area contributed by atoms with E-state index in [1.54, 1.807) is 12.1 Å². The lowest BCUT2D eigenvalue weighted by molar-refractivity contribution is -0.138. The van der Waals surface area contributed by atoms with Crippen LogP contribution < -0.4 is 16.0 Å². The van der Waals surface area contributed by atoms with Crippen molar-refractivity contribution in [2.24, 2.45) is 5.84 Å². The predicted molar refractivity (Wildman–Crippen MR) is 60.9 cm³/mol. The topological polar surface area (TPSA) is 73.6 Å². The molecule has 0 spiro atoms. The quantitative estimate of drug-likeness (QED) is 0.248. The van der Waals surface area contributed by atoms with E-state index in [1.165, 1.54) is 0 Å². The number of carbonyl (C=O) groups is 1. The molecule has 0 aliphatic rings. The fourth-order valence-corrected chi connectivity index (χ4v) is 1.06. The maximum Gasteiger partial charge on any atom is 0.330 e. The molecule has 0 amide bonds. The van der Waals surface area contributed by atoms with Crippen molar-refractivity contribution >= 4 is 11.7 Å². The van der Waals surface area contributed by atoms with E-state index < -0.39 is 5.97 Å². The highest BCUT2D eigenvalue weighted by molar-refractivity contribution is 5.81. The van der Waals surface area contributed by atoms with Crippen LogP contribution in [-0.2, 0) is 9.53 Å². The zero-order valence-electron chi connectivity index (χ0n) is 8.81. The Morgan fingerprint density at radius 1 is 1.44 bits per heavy atom. The number of para-hydroxylation sites is 2. The molecule has 0 aliphatic heterocycles. The van der Waals surface area contributed by atoms with Gasteiger partial charge in [-0.3, -0.25) is 5.84 Å². The normalized spacial score (nSPS) is 9.31. The molecule has 86 valence electrons. The molecule has 0 heterocycles. The molecule has 0 radical (unpaired) electrons. The first kappa shape index (κ1) is 12.1. The van der Waals surface area contributed by atoms with Crippen molar-refractivity contribution in [3.8, 4) is 5.75 Å². The number of hydrogen-bond donors (Lipinski definition) is 2. The van der Waals surface area contributed by atoms with Gasteiger partial charge in [0.25, 0.3) is 0 Å². The van der Waals surface area contributed by atoms with Crippen LogP contribution in [-0.4, -0.2) is 19.2 Å². The van der Waals surface area contributed by atoms with Crippen molar-refractivity contribution in [2.45, 2.75) is 0 Å². The number of carbonyl (C=O) groups excluding carboxylic acids is 1. The molecule has 1 aromatic carbocycles. The summed E-state index contributed by atoms with van der Waals surface area (Å²) in [5.74, 6) is 5.44. The van der Waals surface area contributed by atoms with Crippen LogP contribution in [0.1, 0.15) is 0 Å². The Hall–Kier alpha value is -2.01. The predicted octanol–water partition coefficient (Wildman–Crippen LogP) is 1.08. The van der Waals surface area contributed by atoms with Crippen molar-refractivity contribution in [1.82, 2.24) is 0 Å². The summed E-state index contributed by atoms with van der Waals surface area (Å²) in [6.07, 6.45) is 1.11. The Bertz CT molecular complexity index is 366. The van der Waals surface area contributed by atoms with Crippen LogP contribution in [0.15, 0.2) is 36.9 Å². The fourth-order valence-electron chi connectivity index (χ4n) is 1.06. The van der Waals surface area contributed by atoms with E-state index in [0.717, 1.165) is 6.08 Å². The molecule has 0 saturated heterocycles. The highest BCUT2D eigenvalue weighted by Crippen LogP contribution is 2.21. The van der Waals surface area contributed by atoms with Crippen molar-refractivity contribution in [1.29, 1.82) is 0 Å². The van der Waals surface area contributed by atoms with Gasteiger partial charge in [0.2, 0.25) is 0 Å². The molecule has 0 saturated carbocycles. The largest absolute Gasteiger partial charge is 0.488 e. The fraction of sp³-hybridized carbons (Fsp3) is 0.182. The molecule has 1 aromatic rings. The zero-order valence-corrected chi connectivity index (χ0v) is 8.81. The number of benzene rings is 1. The molecular formula is C11H14N2O3. The summed E-state index contributed by atoms with van der Waals surface area (Å²) < 4.78 is 10.1. The molecule has 0 bridgehead atoms. The number of nitrogens with two attached hydrogens (primary N) is 1. The van der Waals surface area contributed by atoms with Crippen molar-refractivity contribution in [2.75, 3.05) is 18.6 Å². The average molecular weight is 222 g/mol. The van der Waals surface area contributed by atoms with Gasteiger partial charge in [-0.1, -0.05) is 18.7 Å². The highest BCUT2D eigenvalue weighted by Gasteiger charge is 2.01. The number of esters is 1. The lowest BCUT2D eigenvalue weighted by Crippen LogP contribution is -2.12. The van der Waals surface area contributed by atoms with Crippen LogP contribution in [0.5, 0.6) is 5.75 Å². The zero-order chi connectivity index (χ0) is 11.8. The van der Waals surface area contributed by atoms with Crippen LogP contribution in [0.25, 0.3) is 0 Å². The Balaban J connectivity index is 2.37. The van der Waals surface area contributed by atoms with Crippen LogP contribution in [0, 0.1) is 0 Å². The molecule has 5 heteroatoms. The molecule has 0 fully saturated rings. The molecule has 0 unspecified atom stereocenters. The van der Waals surface area contributed by atoms with Gasteiger partial charge in [-0.2, -0.15) is 0 Å². The van der Waals surface area contributed by atoms with Gasteiger partial charge in [0.05, 0.1) is 5.69 Å². The number of anilines is 1. The lowest BCUT2D eigenvalue weighted by Gasteiger charge is -2.10. The third-order valence-corrected chi connectivity index (χ3v) is 1.79. The third kappa shape index (κ3) is 3.62. The average Bonchev–Trinajstić information content (AvgIpc) is 2.34. The van der Waals surface area contributed by atoms with Gasteiger partial charge in [0.1, 0.15) is 19.0 Å². The summed E-state index contributed by atoms with van der Waals surface area (Å²) in [5.41, 5.74) is 3.19. The summed E-state index contributed by atoms with van der Waals surface area (Å²) in [6.45, 7) is 3.72. The molecule has 0 aromatic heterocycles. The Labute approximate surface area is 93.8 Å². The maximum atomic E-state index is 10.7. The minimum absolute atomic E-state index is 0.170. The van der Waals surface area contributed by atoms with Crippen LogP contribution in [0.2, 0.25) is 0 Å². The second kappa shape index (κ2) is 6.47. The lowest BCUT2D eigenvalue weighted by atomic mass is 10.3. The minimum atomic E-state index is -0.464. The van der Waals surface area contributed by atoms with Crippen molar-refractivity contribution < 1.29 is 14.3 Å². The van der Waals surface area contributed by atoms with Gasteiger partial charge in [-0.05, 0) is 12.1 Å². The molecule has 0 atom stereocenters. The molecule has 3 N–H and O–H groups in total. The molecule has 5 nitrogen and oxygen atoms in total. The van der Waals surface area contributed by atoms with E-state index in [-0.39, 0.29) is 13.2 Å². The molecule has 1 rings (SSSR count). The summed E-state index contributed by atoms with van der Waals surface area (Å²) in [5, 5.41) is 0. The smallest absolute Gasteiger partial charge is 0.330 e. The maximum absolute atomic E-state index is 10.7. The monoisotopic (exact) mass is 222 g/mol. The van der Waals surface area contributed by atoms with E-state index in [0.29, 0.717) is 11.4 Å². The molecular weight excluding hydrogens is 208 g/mol. The van der Waals surface area contributed by atoms with Crippen molar-refractivity contribution in [3.63, 3.8) is 0 Å². The number of hydrazine groups is 1. The Morgan fingerprint density at radius 3 is 2.88 bits per heavy atom. The van der Waals surface area contributed by atoms with E-state index in [9.17, 15) is 4.79 Å². The van der Waals surface area contributed by atoms with Gasteiger partial charge in [-0.25, -0.2) is 4.79 Å². The minimum Gasteiger partial charge on any atom is -0.488 e. The summed E-state index contributed by atoms with van der Waals surface area (Å²) in [7, 11) is 0. The van der Waals surface area contributed by atoms with Crippen molar-refractivity contribution in [3.05, 3.63) is 36.9 Å². The van der Waals surface area contributed by atoms with Crippen LogP contribution in [0.3, 0.4) is 0 Å². The number of nitrogen functional groups attached to an aromatic ring is 1. The van der Waals surface area contributed by atoms with Crippen LogP contribution >= 0.6 is 0 Å². The summed E-state index contributed by atoms with van der Waals surface area (Å²) in [6, 6.07) is 7.21. The second-order valence-corrected chi connectivity index (χ2v) is 2.86. The third-order valence-electron chi connectivity index (χ3n) is 1.79. The first-order valence-corrected chi connectivity index (χ1v) is 4.75. The van der Waals surface area contributed by atoms with Gasteiger partial charge >= 0.3 is 5.97 Å².